The molecular formula is C20H27F3N2OS. The molecule has 1 saturated heterocycles. The van der Waals surface area contributed by atoms with Gasteiger partial charge in [0.1, 0.15) is 0 Å². The first-order chi connectivity index (χ1) is 12.8. The number of thioether (sulfide) groups is 1. The number of nitrogens with zero attached hydrogens (tertiary/aromatic N) is 1. The van der Waals surface area contributed by atoms with Crippen molar-refractivity contribution in [2.24, 2.45) is 11.8 Å². The molecule has 1 aliphatic carbocycles. The lowest BCUT2D eigenvalue weighted by atomic mass is 9.78. The molecule has 2 unspecified atom stereocenters. The molecule has 1 amide bonds. The molecule has 1 N–H and O–H groups in total. The van der Waals surface area contributed by atoms with Gasteiger partial charge in [0.15, 0.2) is 0 Å². The molecule has 3 rings (SSSR count). The zero-order valence-corrected chi connectivity index (χ0v) is 16.5. The van der Waals surface area contributed by atoms with E-state index in [4.69, 9.17) is 0 Å². The van der Waals surface area contributed by atoms with Gasteiger partial charge in [0.2, 0.25) is 5.91 Å². The van der Waals surface area contributed by atoms with Gasteiger partial charge in [-0.05, 0) is 37.0 Å². The van der Waals surface area contributed by atoms with Crippen molar-refractivity contribution in [2.75, 3.05) is 29.9 Å². The lowest BCUT2D eigenvalue weighted by molar-refractivity contribution is -0.197. The summed E-state index contributed by atoms with van der Waals surface area (Å²) < 4.78 is 39.8. The fourth-order valence-electron chi connectivity index (χ4n) is 4.04. The van der Waals surface area contributed by atoms with Crippen LogP contribution in [0.5, 0.6) is 0 Å². The van der Waals surface area contributed by atoms with Crippen LogP contribution >= 0.6 is 11.8 Å². The van der Waals surface area contributed by atoms with Crippen molar-refractivity contribution >= 4 is 23.4 Å². The molecule has 1 saturated carbocycles. The number of anilines is 1. The lowest BCUT2D eigenvalue weighted by Crippen LogP contribution is -2.39. The zero-order valence-electron chi connectivity index (χ0n) is 15.6. The maximum Gasteiger partial charge on any atom is 0.392 e. The summed E-state index contributed by atoms with van der Waals surface area (Å²) in [7, 11) is 0. The topological polar surface area (TPSA) is 32.3 Å². The molecular weight excluding hydrogens is 373 g/mol. The van der Waals surface area contributed by atoms with Gasteiger partial charge < -0.3 is 5.32 Å². The lowest BCUT2D eigenvalue weighted by Gasteiger charge is -2.32. The van der Waals surface area contributed by atoms with E-state index in [1.54, 1.807) is 0 Å². The Bertz CT molecular complexity index is 659. The van der Waals surface area contributed by atoms with E-state index >= 15 is 0 Å². The van der Waals surface area contributed by atoms with E-state index in [0.29, 0.717) is 24.9 Å². The van der Waals surface area contributed by atoms with E-state index < -0.39 is 23.9 Å². The van der Waals surface area contributed by atoms with Crippen molar-refractivity contribution in [2.45, 2.75) is 45.3 Å². The van der Waals surface area contributed by atoms with Crippen molar-refractivity contribution < 1.29 is 18.0 Å². The molecule has 7 heteroatoms. The number of hydrogen-bond donors (Lipinski definition) is 1. The van der Waals surface area contributed by atoms with Crippen molar-refractivity contribution in [3.8, 4) is 0 Å². The predicted octanol–water partition coefficient (Wildman–Crippen LogP) is 4.85. The Morgan fingerprint density at radius 2 is 1.93 bits per heavy atom. The highest BCUT2D eigenvalue weighted by Gasteiger charge is 2.48. The molecule has 1 heterocycles. The standard InChI is InChI=1S/C20H27F3N2OS/c1-14-12-15(13-25-8-10-27-11-9-25)6-7-18(14)24-19(26)16-4-2-3-5-17(16)20(21,22)23/h6-7,12,16-17H,2-5,8-11,13H2,1H3,(H,24,26). The van der Waals surface area contributed by atoms with Crippen molar-refractivity contribution in [1.82, 2.24) is 4.90 Å². The number of rotatable bonds is 4. The Morgan fingerprint density at radius 3 is 2.59 bits per heavy atom. The highest BCUT2D eigenvalue weighted by Crippen LogP contribution is 2.42. The number of halogens is 3. The second kappa shape index (κ2) is 8.86. The second-order valence-electron chi connectivity index (χ2n) is 7.57. The number of alkyl halides is 3. The van der Waals surface area contributed by atoms with Gasteiger partial charge in [0.25, 0.3) is 0 Å². The fourth-order valence-corrected chi connectivity index (χ4v) is 5.02. The molecule has 2 aliphatic rings. The molecule has 150 valence electrons. The quantitative estimate of drug-likeness (QED) is 0.784. The first-order valence-electron chi connectivity index (χ1n) is 9.62. The number of amides is 1. The summed E-state index contributed by atoms with van der Waals surface area (Å²) in [4.78, 5) is 15.0. The molecule has 1 aromatic rings. The second-order valence-corrected chi connectivity index (χ2v) is 8.79. The summed E-state index contributed by atoms with van der Waals surface area (Å²) in [5, 5.41) is 2.76. The minimum atomic E-state index is -4.31. The van der Waals surface area contributed by atoms with Crippen molar-refractivity contribution in [1.29, 1.82) is 0 Å². The van der Waals surface area contributed by atoms with Gasteiger partial charge >= 0.3 is 6.18 Å². The van der Waals surface area contributed by atoms with Crippen LogP contribution in [0.4, 0.5) is 18.9 Å². The monoisotopic (exact) mass is 400 g/mol. The highest BCUT2D eigenvalue weighted by atomic mass is 32.2. The van der Waals surface area contributed by atoms with E-state index in [-0.39, 0.29) is 6.42 Å². The Labute approximate surface area is 163 Å². The maximum atomic E-state index is 13.3. The Hall–Kier alpha value is -1.21. The SMILES string of the molecule is Cc1cc(CN2CCSCC2)ccc1NC(=O)C1CCCCC1C(F)(F)F. The van der Waals surface area contributed by atoms with E-state index in [1.807, 2.05) is 36.9 Å². The van der Waals surface area contributed by atoms with Crippen LogP contribution in [0.1, 0.15) is 36.8 Å². The third kappa shape index (κ3) is 5.41. The summed E-state index contributed by atoms with van der Waals surface area (Å²) in [5.41, 5.74) is 2.68. The number of carbonyl (C=O) groups excluding carboxylic acids is 1. The molecule has 1 aliphatic heterocycles. The molecule has 0 spiro atoms. The van der Waals surface area contributed by atoms with Gasteiger partial charge in [-0.25, -0.2) is 0 Å². The maximum absolute atomic E-state index is 13.3. The number of carbonyl (C=O) groups is 1. The number of aryl methyl sites for hydroxylation is 1. The van der Waals surface area contributed by atoms with Crippen LogP contribution < -0.4 is 5.32 Å². The average molecular weight is 401 g/mol. The first-order valence-corrected chi connectivity index (χ1v) is 10.8. The summed E-state index contributed by atoms with van der Waals surface area (Å²) in [6, 6.07) is 5.82. The van der Waals surface area contributed by atoms with Crippen molar-refractivity contribution in [3.63, 3.8) is 0 Å². The van der Waals surface area contributed by atoms with Crippen LogP contribution in [-0.2, 0) is 11.3 Å². The smallest absolute Gasteiger partial charge is 0.326 e. The first kappa shape index (κ1) is 20.5. The van der Waals surface area contributed by atoms with Gasteiger partial charge in [0.05, 0.1) is 5.92 Å². The normalized spacial score (nSPS) is 24.6. The Kier molecular flexibility index (Phi) is 6.74. The fraction of sp³-hybridized carbons (Fsp3) is 0.650. The number of hydrogen-bond acceptors (Lipinski definition) is 3. The van der Waals surface area contributed by atoms with Gasteiger partial charge in [-0.2, -0.15) is 24.9 Å². The summed E-state index contributed by atoms with van der Waals surface area (Å²) in [5.74, 6) is -0.712. The van der Waals surface area contributed by atoms with Crippen LogP contribution in [0.15, 0.2) is 18.2 Å². The van der Waals surface area contributed by atoms with Crippen LogP contribution in [0.2, 0.25) is 0 Å². The molecule has 27 heavy (non-hydrogen) atoms. The largest absolute Gasteiger partial charge is 0.392 e. The predicted molar refractivity (Wildman–Crippen MR) is 104 cm³/mol. The van der Waals surface area contributed by atoms with Crippen LogP contribution in [0.3, 0.4) is 0 Å². The van der Waals surface area contributed by atoms with E-state index in [9.17, 15) is 18.0 Å². The average Bonchev–Trinajstić information content (AvgIpc) is 2.64. The third-order valence-corrected chi connectivity index (χ3v) is 6.52. The molecule has 2 atom stereocenters. The number of nitrogens with one attached hydrogen (secondary N) is 1. The van der Waals surface area contributed by atoms with Gasteiger partial charge in [-0.15, -0.1) is 0 Å². The Balaban J connectivity index is 1.64. The van der Waals surface area contributed by atoms with Crippen LogP contribution in [0.25, 0.3) is 0 Å². The molecule has 2 fully saturated rings. The molecule has 1 aromatic carbocycles. The molecule has 3 nitrogen and oxygen atoms in total. The molecule has 0 aromatic heterocycles. The van der Waals surface area contributed by atoms with E-state index in [1.165, 1.54) is 5.56 Å². The molecule has 0 bridgehead atoms. The van der Waals surface area contributed by atoms with Crippen LogP contribution in [-0.4, -0.2) is 41.6 Å². The number of benzene rings is 1. The summed E-state index contributed by atoms with van der Waals surface area (Å²) >= 11 is 1.97. The van der Waals surface area contributed by atoms with E-state index in [0.717, 1.165) is 36.7 Å². The minimum absolute atomic E-state index is 0.0492. The van der Waals surface area contributed by atoms with E-state index in [2.05, 4.69) is 10.2 Å². The van der Waals surface area contributed by atoms with Gasteiger partial charge in [-0.3, -0.25) is 9.69 Å². The minimum Gasteiger partial charge on any atom is -0.326 e. The summed E-state index contributed by atoms with van der Waals surface area (Å²) in [6.45, 7) is 4.91. The summed E-state index contributed by atoms with van der Waals surface area (Å²) in [6.07, 6.45) is -2.74. The Morgan fingerprint density at radius 1 is 1.22 bits per heavy atom. The van der Waals surface area contributed by atoms with Gasteiger partial charge in [-0.1, -0.05) is 25.0 Å². The zero-order chi connectivity index (χ0) is 19.4. The molecule has 0 radical (unpaired) electrons. The van der Waals surface area contributed by atoms with Crippen molar-refractivity contribution in [3.05, 3.63) is 29.3 Å². The van der Waals surface area contributed by atoms with Crippen LogP contribution in [0, 0.1) is 18.8 Å². The van der Waals surface area contributed by atoms with Gasteiger partial charge in [0, 0.05) is 42.7 Å². The highest BCUT2D eigenvalue weighted by molar-refractivity contribution is 7.99. The third-order valence-electron chi connectivity index (χ3n) is 5.58.